The summed E-state index contributed by atoms with van der Waals surface area (Å²) in [5.74, 6) is 0.674. The molecule has 0 amide bonds. The van der Waals surface area contributed by atoms with Crippen LogP contribution in [0.25, 0.3) is 72.7 Å². The summed E-state index contributed by atoms with van der Waals surface area (Å²) < 4.78 is 8.27. The molecular formula is C38H24IrN6O-2. The standard InChI is InChI=1S/C27H16N5O.C11H8N.Ir/c1-16-14-15-19-18-10-7-11-20(23(18)33-27(19)28-16)25-31-24-26(32(25)17-8-3-2-4-9-17)30-22-13-6-5-12-21(22)29-24;1-2-6-10(7-3-1)11-8-4-5-9-12-11;/h2-10,12-15H,1H3;1-6,8-9H;/q2*-1;. The van der Waals surface area contributed by atoms with Crippen LogP contribution in [-0.2, 0) is 20.1 Å². The summed E-state index contributed by atoms with van der Waals surface area (Å²) in [5.41, 5.74) is 8.79. The van der Waals surface area contributed by atoms with Crippen LogP contribution >= 0.6 is 0 Å². The van der Waals surface area contributed by atoms with Crippen LogP contribution in [0.15, 0.2) is 132 Å². The van der Waals surface area contributed by atoms with Gasteiger partial charge in [-0.05, 0) is 55.1 Å². The molecule has 0 bridgehead atoms. The summed E-state index contributed by atoms with van der Waals surface area (Å²) in [6.45, 7) is 1.95. The monoisotopic (exact) mass is 773 g/mol. The van der Waals surface area contributed by atoms with E-state index < -0.39 is 0 Å². The molecule has 1 radical (unpaired) electrons. The van der Waals surface area contributed by atoms with Gasteiger partial charge in [0.1, 0.15) is 0 Å². The van der Waals surface area contributed by atoms with E-state index in [1.54, 1.807) is 6.20 Å². The third-order valence-corrected chi connectivity index (χ3v) is 7.50. The molecule has 0 saturated carbocycles. The van der Waals surface area contributed by atoms with Gasteiger partial charge in [-0.1, -0.05) is 53.4 Å². The summed E-state index contributed by atoms with van der Waals surface area (Å²) in [4.78, 5) is 23.4. The van der Waals surface area contributed by atoms with E-state index in [4.69, 9.17) is 19.4 Å². The number of furan rings is 1. The Morgan fingerprint density at radius 1 is 0.652 bits per heavy atom. The van der Waals surface area contributed by atoms with E-state index in [1.807, 2.05) is 133 Å². The number of pyridine rings is 2. The van der Waals surface area contributed by atoms with Crippen molar-refractivity contribution in [2.24, 2.45) is 0 Å². The SMILES string of the molecule is Cc1ccc2c(n1)oc1c(-c3nc4nc5ccccc5nc4n3-c3ccccc3)[c-]ccc12.[Ir].[c-]1ccccc1-c1ccccn1. The van der Waals surface area contributed by atoms with Crippen molar-refractivity contribution < 1.29 is 24.5 Å². The largest absolute Gasteiger partial charge is 0.486 e. The molecule has 223 valence electrons. The number of hydrogen-bond acceptors (Lipinski definition) is 6. The average molecular weight is 773 g/mol. The van der Waals surface area contributed by atoms with E-state index in [9.17, 15) is 0 Å². The van der Waals surface area contributed by atoms with Gasteiger partial charge in [-0.25, -0.2) is 15.0 Å². The molecule has 0 spiro atoms. The first-order valence-electron chi connectivity index (χ1n) is 14.5. The van der Waals surface area contributed by atoms with Crippen LogP contribution in [0.1, 0.15) is 5.69 Å². The molecule has 0 atom stereocenters. The number of fused-ring (bicyclic) bond motifs is 5. The molecule has 7 nitrogen and oxygen atoms in total. The van der Waals surface area contributed by atoms with Gasteiger partial charge in [-0.3, -0.25) is 4.98 Å². The fourth-order valence-electron chi connectivity index (χ4n) is 5.40. The second-order valence-electron chi connectivity index (χ2n) is 10.5. The van der Waals surface area contributed by atoms with Crippen molar-refractivity contribution in [3.8, 4) is 28.3 Å². The van der Waals surface area contributed by atoms with Gasteiger partial charge in [0, 0.05) is 43.1 Å². The first kappa shape index (κ1) is 29.2. The summed E-state index contributed by atoms with van der Waals surface area (Å²) in [5, 5.41) is 1.94. The van der Waals surface area contributed by atoms with Crippen molar-refractivity contribution in [1.29, 1.82) is 0 Å². The molecule has 9 aromatic rings. The van der Waals surface area contributed by atoms with Gasteiger partial charge in [0.2, 0.25) is 5.71 Å². The second-order valence-corrected chi connectivity index (χ2v) is 10.5. The van der Waals surface area contributed by atoms with Crippen LogP contribution in [0, 0.1) is 19.1 Å². The van der Waals surface area contributed by atoms with Crippen LogP contribution in [-0.4, -0.2) is 29.5 Å². The predicted molar refractivity (Wildman–Crippen MR) is 177 cm³/mol. The molecule has 0 aliphatic carbocycles. The Morgan fingerprint density at radius 3 is 2.22 bits per heavy atom. The van der Waals surface area contributed by atoms with Gasteiger partial charge in [0.05, 0.1) is 22.4 Å². The average Bonchev–Trinajstić information content (AvgIpc) is 3.66. The Morgan fingerprint density at radius 2 is 1.43 bits per heavy atom. The van der Waals surface area contributed by atoms with E-state index in [2.05, 4.69) is 22.1 Å². The zero-order chi connectivity index (χ0) is 30.2. The minimum atomic E-state index is 0. The molecule has 46 heavy (non-hydrogen) atoms. The molecule has 0 saturated heterocycles. The van der Waals surface area contributed by atoms with E-state index >= 15 is 0 Å². The summed E-state index contributed by atoms with van der Waals surface area (Å²) in [7, 11) is 0. The maximum Gasteiger partial charge on any atom is 0.216 e. The summed E-state index contributed by atoms with van der Waals surface area (Å²) in [6.07, 6.45) is 1.79. The fraction of sp³-hybridized carbons (Fsp3) is 0.0263. The molecular weight excluding hydrogens is 749 g/mol. The van der Waals surface area contributed by atoms with Crippen molar-refractivity contribution in [1.82, 2.24) is 29.5 Å². The second kappa shape index (κ2) is 12.4. The topological polar surface area (TPSA) is 82.5 Å². The molecule has 5 aromatic heterocycles. The molecule has 0 fully saturated rings. The van der Waals surface area contributed by atoms with Gasteiger partial charge in [0.15, 0.2) is 11.3 Å². The normalized spacial score (nSPS) is 11.0. The third-order valence-electron chi connectivity index (χ3n) is 7.50. The Bertz CT molecular complexity index is 2400. The Hall–Kier alpha value is -5.56. The number of benzene rings is 4. The summed E-state index contributed by atoms with van der Waals surface area (Å²) >= 11 is 0. The van der Waals surface area contributed by atoms with Crippen LogP contribution in [0.3, 0.4) is 0 Å². The van der Waals surface area contributed by atoms with Crippen molar-refractivity contribution in [2.75, 3.05) is 0 Å². The molecule has 0 N–H and O–H groups in total. The molecule has 8 heteroatoms. The number of aromatic nitrogens is 6. The Balaban J connectivity index is 0.000000220. The number of aryl methyl sites for hydroxylation is 1. The molecule has 5 heterocycles. The Labute approximate surface area is 278 Å². The van der Waals surface area contributed by atoms with Crippen molar-refractivity contribution in [3.63, 3.8) is 0 Å². The molecule has 4 aromatic carbocycles. The van der Waals surface area contributed by atoms with Gasteiger partial charge in [-0.2, -0.15) is 0 Å². The van der Waals surface area contributed by atoms with Crippen LogP contribution in [0.4, 0.5) is 0 Å². The van der Waals surface area contributed by atoms with Crippen molar-refractivity contribution >= 4 is 44.4 Å². The predicted octanol–water partition coefficient (Wildman–Crippen LogP) is 8.59. The third kappa shape index (κ3) is 5.34. The van der Waals surface area contributed by atoms with Gasteiger partial charge in [0.25, 0.3) is 0 Å². The maximum absolute atomic E-state index is 6.25. The smallest absolute Gasteiger partial charge is 0.216 e. The summed E-state index contributed by atoms with van der Waals surface area (Å²) in [6, 6.07) is 46.0. The van der Waals surface area contributed by atoms with Crippen LogP contribution in [0.2, 0.25) is 0 Å². The Kier molecular flexibility index (Phi) is 7.89. The maximum atomic E-state index is 6.25. The van der Waals surface area contributed by atoms with Crippen LogP contribution < -0.4 is 0 Å². The van der Waals surface area contributed by atoms with E-state index in [0.29, 0.717) is 28.4 Å². The van der Waals surface area contributed by atoms with Crippen molar-refractivity contribution in [3.05, 3.63) is 145 Å². The van der Waals surface area contributed by atoms with Crippen molar-refractivity contribution in [2.45, 2.75) is 6.92 Å². The van der Waals surface area contributed by atoms with E-state index in [1.165, 1.54) is 0 Å². The number of hydrogen-bond donors (Lipinski definition) is 0. The number of imidazole rings is 1. The van der Waals surface area contributed by atoms with Crippen LogP contribution in [0.5, 0.6) is 0 Å². The minimum absolute atomic E-state index is 0. The first-order valence-corrected chi connectivity index (χ1v) is 14.5. The minimum Gasteiger partial charge on any atom is -0.486 e. The van der Waals surface area contributed by atoms with Gasteiger partial charge in [-0.15, -0.1) is 54.1 Å². The van der Waals surface area contributed by atoms with E-state index in [0.717, 1.165) is 50.0 Å². The molecule has 0 aliphatic rings. The molecule has 0 unspecified atom stereocenters. The zero-order valence-corrected chi connectivity index (χ0v) is 26.9. The number of rotatable bonds is 3. The number of para-hydroxylation sites is 3. The molecule has 9 rings (SSSR count). The first-order chi connectivity index (χ1) is 22.2. The van der Waals surface area contributed by atoms with E-state index in [-0.39, 0.29) is 20.1 Å². The fourth-order valence-corrected chi connectivity index (χ4v) is 5.40. The molecule has 0 aliphatic heterocycles. The van der Waals surface area contributed by atoms with Gasteiger partial charge < -0.3 is 14.0 Å². The van der Waals surface area contributed by atoms with Gasteiger partial charge >= 0.3 is 0 Å². The quantitative estimate of drug-likeness (QED) is 0.168. The zero-order valence-electron chi connectivity index (χ0n) is 24.5. The number of nitrogens with zero attached hydrogens (tertiary/aromatic N) is 6.